The minimum atomic E-state index is -0.0284. The number of carbonyl (C=O) groups excluding carboxylic acids is 1. The zero-order valence-electron chi connectivity index (χ0n) is 12.5. The van der Waals surface area contributed by atoms with Gasteiger partial charge < -0.3 is 4.74 Å². The molecule has 0 bridgehead atoms. The molecule has 0 aromatic heterocycles. The van der Waals surface area contributed by atoms with Crippen LogP contribution in [-0.4, -0.2) is 43.5 Å². The van der Waals surface area contributed by atoms with Crippen LogP contribution in [0.15, 0.2) is 30.3 Å². The molecule has 3 heteroatoms. The molecular weight excluding hydrogens is 250 g/mol. The molecule has 0 spiro atoms. The van der Waals surface area contributed by atoms with Crippen molar-refractivity contribution in [3.05, 3.63) is 35.9 Å². The standard InChI is InChI=1S/C17H25NO2/c1-3-16(17(19)15-9-5-4-6-10-15)18(2)12-14-8-7-11-20-13-14/h4-6,9-10,14,16H,3,7-8,11-13H2,1-2H3. The van der Waals surface area contributed by atoms with Crippen LogP contribution in [0.4, 0.5) is 0 Å². The van der Waals surface area contributed by atoms with Crippen molar-refractivity contribution in [2.75, 3.05) is 26.8 Å². The Kier molecular flexibility index (Phi) is 5.74. The fourth-order valence-corrected chi connectivity index (χ4v) is 2.98. The van der Waals surface area contributed by atoms with Gasteiger partial charge in [-0.15, -0.1) is 0 Å². The number of Topliss-reactive ketones (excluding diaryl/α,β-unsaturated/α-hetero) is 1. The predicted molar refractivity (Wildman–Crippen MR) is 81.0 cm³/mol. The van der Waals surface area contributed by atoms with E-state index in [1.165, 1.54) is 6.42 Å². The third-order valence-electron chi connectivity index (χ3n) is 4.08. The van der Waals surface area contributed by atoms with Crippen molar-refractivity contribution in [2.45, 2.75) is 32.2 Å². The first-order chi connectivity index (χ1) is 9.72. The second-order valence-corrected chi connectivity index (χ2v) is 5.68. The van der Waals surface area contributed by atoms with Crippen LogP contribution in [0.3, 0.4) is 0 Å². The van der Waals surface area contributed by atoms with E-state index in [-0.39, 0.29) is 11.8 Å². The molecule has 1 saturated heterocycles. The van der Waals surface area contributed by atoms with Gasteiger partial charge in [0.05, 0.1) is 12.6 Å². The van der Waals surface area contributed by atoms with Crippen molar-refractivity contribution in [1.29, 1.82) is 0 Å². The van der Waals surface area contributed by atoms with E-state index in [1.54, 1.807) is 0 Å². The Bertz CT molecular complexity index is 412. The molecular formula is C17H25NO2. The van der Waals surface area contributed by atoms with E-state index in [0.29, 0.717) is 5.92 Å². The van der Waals surface area contributed by atoms with Crippen LogP contribution in [0.5, 0.6) is 0 Å². The predicted octanol–water partition coefficient (Wildman–Crippen LogP) is 3.01. The topological polar surface area (TPSA) is 29.5 Å². The van der Waals surface area contributed by atoms with Gasteiger partial charge in [-0.3, -0.25) is 9.69 Å². The molecule has 1 fully saturated rings. The highest BCUT2D eigenvalue weighted by atomic mass is 16.5. The van der Waals surface area contributed by atoms with Crippen LogP contribution >= 0.6 is 0 Å². The Balaban J connectivity index is 1.97. The van der Waals surface area contributed by atoms with Crippen molar-refractivity contribution in [3.8, 4) is 0 Å². The summed E-state index contributed by atoms with van der Waals surface area (Å²) in [4.78, 5) is 14.8. The summed E-state index contributed by atoms with van der Waals surface area (Å²) in [5, 5.41) is 0. The van der Waals surface area contributed by atoms with Gasteiger partial charge in [0.15, 0.2) is 5.78 Å². The molecule has 1 aliphatic rings. The Hall–Kier alpha value is -1.19. The van der Waals surface area contributed by atoms with Crippen molar-refractivity contribution < 1.29 is 9.53 Å². The molecule has 0 saturated carbocycles. The van der Waals surface area contributed by atoms with Gasteiger partial charge in [-0.05, 0) is 32.2 Å². The van der Waals surface area contributed by atoms with Gasteiger partial charge in [0.25, 0.3) is 0 Å². The molecule has 2 atom stereocenters. The smallest absolute Gasteiger partial charge is 0.179 e. The Morgan fingerprint density at radius 2 is 2.15 bits per heavy atom. The van der Waals surface area contributed by atoms with Crippen molar-refractivity contribution in [2.24, 2.45) is 5.92 Å². The molecule has 110 valence electrons. The normalized spacial score (nSPS) is 20.9. The first-order valence-corrected chi connectivity index (χ1v) is 7.59. The highest BCUT2D eigenvalue weighted by Crippen LogP contribution is 2.18. The minimum Gasteiger partial charge on any atom is -0.381 e. The number of benzene rings is 1. The van der Waals surface area contributed by atoms with Crippen LogP contribution in [-0.2, 0) is 4.74 Å². The molecule has 0 aliphatic carbocycles. The summed E-state index contributed by atoms with van der Waals surface area (Å²) >= 11 is 0. The number of nitrogens with zero attached hydrogens (tertiary/aromatic N) is 1. The maximum absolute atomic E-state index is 12.6. The summed E-state index contributed by atoms with van der Waals surface area (Å²) < 4.78 is 5.53. The SMILES string of the molecule is CCC(C(=O)c1ccccc1)N(C)CC1CCCOC1. The van der Waals surface area contributed by atoms with E-state index in [4.69, 9.17) is 4.74 Å². The van der Waals surface area contributed by atoms with Gasteiger partial charge in [0.2, 0.25) is 0 Å². The summed E-state index contributed by atoms with van der Waals surface area (Å²) in [6.45, 7) is 4.75. The fraction of sp³-hybridized carbons (Fsp3) is 0.588. The van der Waals surface area contributed by atoms with Crippen LogP contribution in [0, 0.1) is 5.92 Å². The quantitative estimate of drug-likeness (QED) is 0.747. The largest absolute Gasteiger partial charge is 0.381 e. The maximum atomic E-state index is 12.6. The zero-order chi connectivity index (χ0) is 14.4. The zero-order valence-corrected chi connectivity index (χ0v) is 12.5. The molecule has 0 radical (unpaired) electrons. The second-order valence-electron chi connectivity index (χ2n) is 5.68. The van der Waals surface area contributed by atoms with Crippen molar-refractivity contribution >= 4 is 5.78 Å². The summed E-state index contributed by atoms with van der Waals surface area (Å²) in [5.74, 6) is 0.790. The molecule has 1 aromatic carbocycles. The highest BCUT2D eigenvalue weighted by molar-refractivity contribution is 6.00. The van der Waals surface area contributed by atoms with E-state index in [1.807, 2.05) is 30.3 Å². The second kappa shape index (κ2) is 7.55. The van der Waals surface area contributed by atoms with E-state index in [0.717, 1.165) is 38.2 Å². The number of ketones is 1. The van der Waals surface area contributed by atoms with E-state index in [9.17, 15) is 4.79 Å². The number of ether oxygens (including phenoxy) is 1. The number of hydrogen-bond donors (Lipinski definition) is 0. The van der Waals surface area contributed by atoms with Gasteiger partial charge in [0, 0.05) is 18.7 Å². The van der Waals surface area contributed by atoms with Crippen molar-refractivity contribution in [3.63, 3.8) is 0 Å². The first-order valence-electron chi connectivity index (χ1n) is 7.59. The summed E-state index contributed by atoms with van der Waals surface area (Å²) in [7, 11) is 2.06. The third kappa shape index (κ3) is 3.90. The number of carbonyl (C=O) groups is 1. The molecule has 1 aliphatic heterocycles. The lowest BCUT2D eigenvalue weighted by atomic mass is 9.97. The average molecular weight is 275 g/mol. The maximum Gasteiger partial charge on any atom is 0.179 e. The lowest BCUT2D eigenvalue weighted by Crippen LogP contribution is -2.42. The minimum absolute atomic E-state index is 0.0284. The van der Waals surface area contributed by atoms with E-state index in [2.05, 4.69) is 18.9 Å². The van der Waals surface area contributed by atoms with Gasteiger partial charge in [-0.1, -0.05) is 37.3 Å². The first kappa shape index (κ1) is 15.2. The summed E-state index contributed by atoms with van der Waals surface area (Å²) in [6.07, 6.45) is 3.19. The van der Waals surface area contributed by atoms with Gasteiger partial charge in [-0.25, -0.2) is 0 Å². The number of likely N-dealkylation sites (N-methyl/N-ethyl adjacent to an activating group) is 1. The number of hydrogen-bond acceptors (Lipinski definition) is 3. The Morgan fingerprint density at radius 1 is 1.40 bits per heavy atom. The van der Waals surface area contributed by atoms with Gasteiger partial charge in [-0.2, -0.15) is 0 Å². The van der Waals surface area contributed by atoms with Gasteiger partial charge in [0.1, 0.15) is 0 Å². The molecule has 2 unspecified atom stereocenters. The van der Waals surface area contributed by atoms with Crippen LogP contribution in [0.1, 0.15) is 36.5 Å². The third-order valence-corrected chi connectivity index (χ3v) is 4.08. The Labute approximate surface area is 121 Å². The molecule has 0 N–H and O–H groups in total. The van der Waals surface area contributed by atoms with E-state index >= 15 is 0 Å². The summed E-state index contributed by atoms with van der Waals surface area (Å²) in [6, 6.07) is 9.58. The lowest BCUT2D eigenvalue weighted by Gasteiger charge is -2.31. The Morgan fingerprint density at radius 3 is 2.75 bits per heavy atom. The van der Waals surface area contributed by atoms with Crippen LogP contribution in [0.25, 0.3) is 0 Å². The fourth-order valence-electron chi connectivity index (χ4n) is 2.98. The molecule has 20 heavy (non-hydrogen) atoms. The highest BCUT2D eigenvalue weighted by Gasteiger charge is 2.25. The van der Waals surface area contributed by atoms with Crippen LogP contribution < -0.4 is 0 Å². The monoisotopic (exact) mass is 275 g/mol. The molecule has 1 heterocycles. The average Bonchev–Trinajstić information content (AvgIpc) is 2.49. The van der Waals surface area contributed by atoms with Crippen molar-refractivity contribution in [1.82, 2.24) is 4.90 Å². The molecule has 3 nitrogen and oxygen atoms in total. The molecule has 2 rings (SSSR count). The van der Waals surface area contributed by atoms with Gasteiger partial charge >= 0.3 is 0 Å². The number of rotatable bonds is 6. The van der Waals surface area contributed by atoms with Crippen LogP contribution in [0.2, 0.25) is 0 Å². The van der Waals surface area contributed by atoms with E-state index < -0.39 is 0 Å². The molecule has 0 amide bonds. The summed E-state index contributed by atoms with van der Waals surface area (Å²) in [5.41, 5.74) is 0.811. The lowest BCUT2D eigenvalue weighted by molar-refractivity contribution is 0.0349. The molecule has 1 aromatic rings.